The Morgan fingerprint density at radius 3 is 1.32 bits per heavy atom. The highest BCUT2D eigenvalue weighted by molar-refractivity contribution is 6.25. The normalized spacial score (nSPS) is 11.4. The number of aromatic nitrogens is 3. The van der Waals surface area contributed by atoms with E-state index in [1.165, 1.54) is 59.4 Å². The molecule has 0 amide bonds. The Hall–Kier alpha value is -10.3. The summed E-state index contributed by atoms with van der Waals surface area (Å²) in [6, 6.07) is 96.4. The van der Waals surface area contributed by atoms with Crippen LogP contribution in [0.5, 0.6) is 0 Å². The van der Waals surface area contributed by atoms with Crippen LogP contribution in [0.1, 0.15) is 5.56 Å². The molecule has 0 unspecified atom stereocenters. The number of benzene rings is 13. The zero-order valence-electron chi connectivity index (χ0n) is 41.2. The van der Waals surface area contributed by atoms with E-state index in [2.05, 4.69) is 212 Å². The number of hydrogen-bond acceptors (Lipinski definition) is 4. The van der Waals surface area contributed by atoms with Crippen LogP contribution < -0.4 is 0 Å². The molecule has 4 nitrogen and oxygen atoms in total. The van der Waals surface area contributed by atoms with Crippen molar-refractivity contribution in [1.82, 2.24) is 15.0 Å². The molecular weight excluding hydrogens is 921 g/mol. The van der Waals surface area contributed by atoms with Crippen molar-refractivity contribution in [2.45, 2.75) is 0 Å². The maximum Gasteiger partial charge on any atom is 0.164 e. The van der Waals surface area contributed by atoms with Gasteiger partial charge in [-0.2, -0.15) is 5.26 Å². The first kappa shape index (κ1) is 44.4. The van der Waals surface area contributed by atoms with Crippen LogP contribution in [0.2, 0.25) is 0 Å². The van der Waals surface area contributed by atoms with Gasteiger partial charge in [-0.3, -0.25) is 0 Å². The van der Waals surface area contributed by atoms with Crippen LogP contribution in [0.3, 0.4) is 0 Å². The Labute approximate surface area is 440 Å². The average molecular weight is 965 g/mol. The van der Waals surface area contributed by atoms with Crippen LogP contribution in [-0.2, 0) is 0 Å². The van der Waals surface area contributed by atoms with Crippen LogP contribution in [0.4, 0.5) is 0 Å². The third-order valence-corrected chi connectivity index (χ3v) is 15.0. The molecule has 4 heteroatoms. The molecule has 0 saturated carbocycles. The number of nitriles is 1. The van der Waals surface area contributed by atoms with Crippen LogP contribution in [-0.4, -0.2) is 15.0 Å². The third-order valence-electron chi connectivity index (χ3n) is 15.0. The Morgan fingerprint density at radius 1 is 0.224 bits per heavy atom. The largest absolute Gasteiger partial charge is 0.208 e. The van der Waals surface area contributed by atoms with Gasteiger partial charge in [-0.05, 0) is 117 Å². The quantitative estimate of drug-likeness (QED) is 0.142. The molecule has 0 saturated heterocycles. The van der Waals surface area contributed by atoms with Crippen molar-refractivity contribution in [3.05, 3.63) is 272 Å². The van der Waals surface area contributed by atoms with Crippen molar-refractivity contribution in [2.24, 2.45) is 0 Å². The van der Waals surface area contributed by atoms with Crippen molar-refractivity contribution in [1.29, 1.82) is 5.26 Å². The van der Waals surface area contributed by atoms with E-state index in [1.807, 2.05) is 60.7 Å². The Balaban J connectivity index is 0.796. The molecule has 0 N–H and O–H groups in total. The second kappa shape index (κ2) is 18.6. The highest BCUT2D eigenvalue weighted by Crippen LogP contribution is 2.42. The fourth-order valence-electron chi connectivity index (χ4n) is 11.3. The van der Waals surface area contributed by atoms with Gasteiger partial charge in [0.1, 0.15) is 6.07 Å². The molecule has 14 rings (SSSR count). The number of nitrogens with zero attached hydrogens (tertiary/aromatic N) is 4. The van der Waals surface area contributed by atoms with Gasteiger partial charge in [0.05, 0.1) is 5.56 Å². The fraction of sp³-hybridized carbons (Fsp3) is 0. The van der Waals surface area contributed by atoms with E-state index >= 15 is 0 Å². The van der Waals surface area contributed by atoms with E-state index in [0.717, 1.165) is 66.8 Å². The molecule has 0 spiro atoms. The van der Waals surface area contributed by atoms with Gasteiger partial charge in [-0.1, -0.05) is 249 Å². The molecule has 0 aliphatic heterocycles. The maximum absolute atomic E-state index is 11.0. The van der Waals surface area contributed by atoms with Crippen molar-refractivity contribution >= 4 is 53.9 Å². The summed E-state index contributed by atoms with van der Waals surface area (Å²) in [7, 11) is 0. The standard InChI is InChI=1S/C72H44N4/c73-45-69-56(30-15-31-65(69)58-23-7-6-21-55(58)47-34-32-46(33-35-47)51-40-41-66-62-27-10-9-25-60(62)61-26-11-13-29-64(61)68(66)43-51)48-36-38-50(39-37-48)71-74-70(49-16-2-1-3-17-49)75-72(76-71)54-20-14-19-52(42-54)67-44-53-18-4-5-22-57(53)59-24-8-12-28-63(59)67/h1-44H. The van der Waals surface area contributed by atoms with Gasteiger partial charge in [0.2, 0.25) is 0 Å². The number of rotatable bonds is 8. The number of fused-ring (bicyclic) bond motifs is 9. The molecule has 0 radical (unpaired) electrons. The van der Waals surface area contributed by atoms with E-state index in [9.17, 15) is 5.26 Å². The van der Waals surface area contributed by atoms with Gasteiger partial charge >= 0.3 is 0 Å². The van der Waals surface area contributed by atoms with Gasteiger partial charge in [0, 0.05) is 27.8 Å². The molecular formula is C72H44N4. The Kier molecular flexibility index (Phi) is 10.9. The lowest BCUT2D eigenvalue weighted by Crippen LogP contribution is -2.00. The van der Waals surface area contributed by atoms with Crippen LogP contribution in [0.25, 0.3) is 144 Å². The van der Waals surface area contributed by atoms with Gasteiger partial charge in [-0.25, -0.2) is 15.0 Å². The molecule has 0 atom stereocenters. The Morgan fingerprint density at radius 2 is 0.645 bits per heavy atom. The smallest absolute Gasteiger partial charge is 0.164 e. The summed E-state index contributed by atoms with van der Waals surface area (Å²) in [4.78, 5) is 15.3. The van der Waals surface area contributed by atoms with E-state index in [4.69, 9.17) is 15.0 Å². The second-order valence-corrected chi connectivity index (χ2v) is 19.3. The minimum Gasteiger partial charge on any atom is -0.208 e. The zero-order chi connectivity index (χ0) is 50.5. The lowest BCUT2D eigenvalue weighted by molar-refractivity contribution is 1.07. The summed E-state index contributed by atoms with van der Waals surface area (Å²) in [6.07, 6.45) is 0. The minimum atomic E-state index is 0.564. The predicted molar refractivity (Wildman–Crippen MR) is 316 cm³/mol. The van der Waals surface area contributed by atoms with E-state index in [0.29, 0.717) is 23.0 Å². The van der Waals surface area contributed by atoms with Gasteiger partial charge in [0.25, 0.3) is 0 Å². The summed E-state index contributed by atoms with van der Waals surface area (Å²) in [6.45, 7) is 0. The summed E-state index contributed by atoms with van der Waals surface area (Å²) in [5, 5.41) is 23.4. The SMILES string of the molecule is N#Cc1c(-c2ccc(-c3nc(-c4ccccc4)nc(-c4cccc(-c5cc6ccccc6c6ccccc56)c4)n3)cc2)cccc1-c1ccccc1-c1ccc(-c2ccc3c4ccccc4c4ccccc4c3c2)cc1. The first-order chi connectivity index (χ1) is 37.6. The van der Waals surface area contributed by atoms with Gasteiger partial charge in [0.15, 0.2) is 17.5 Å². The van der Waals surface area contributed by atoms with Crippen LogP contribution in [0, 0.1) is 11.3 Å². The predicted octanol–water partition coefficient (Wildman–Crippen LogP) is 18.8. The molecule has 0 fully saturated rings. The van der Waals surface area contributed by atoms with Crippen molar-refractivity contribution in [2.75, 3.05) is 0 Å². The van der Waals surface area contributed by atoms with E-state index in [-0.39, 0.29) is 0 Å². The molecule has 14 aromatic rings. The highest BCUT2D eigenvalue weighted by atomic mass is 15.0. The maximum atomic E-state index is 11.0. The second-order valence-electron chi connectivity index (χ2n) is 19.3. The lowest BCUT2D eigenvalue weighted by Gasteiger charge is -2.15. The summed E-state index contributed by atoms with van der Waals surface area (Å²) in [5.41, 5.74) is 13.6. The lowest BCUT2D eigenvalue weighted by atomic mass is 9.88. The molecule has 0 aliphatic rings. The first-order valence-electron chi connectivity index (χ1n) is 25.6. The van der Waals surface area contributed by atoms with Crippen molar-refractivity contribution in [3.8, 4) is 95.9 Å². The molecule has 0 bridgehead atoms. The fourth-order valence-corrected chi connectivity index (χ4v) is 11.3. The van der Waals surface area contributed by atoms with Gasteiger partial charge in [-0.15, -0.1) is 0 Å². The molecule has 1 heterocycles. The van der Waals surface area contributed by atoms with E-state index in [1.54, 1.807) is 0 Å². The topological polar surface area (TPSA) is 62.5 Å². The minimum absolute atomic E-state index is 0.564. The van der Waals surface area contributed by atoms with Gasteiger partial charge < -0.3 is 0 Å². The summed E-state index contributed by atoms with van der Waals surface area (Å²) >= 11 is 0. The molecule has 0 aliphatic carbocycles. The average Bonchev–Trinajstić information content (AvgIpc) is 3.56. The highest BCUT2D eigenvalue weighted by Gasteiger charge is 2.19. The van der Waals surface area contributed by atoms with Crippen LogP contribution >= 0.6 is 0 Å². The van der Waals surface area contributed by atoms with E-state index < -0.39 is 0 Å². The first-order valence-corrected chi connectivity index (χ1v) is 25.6. The molecule has 352 valence electrons. The Bertz CT molecular complexity index is 4590. The summed E-state index contributed by atoms with van der Waals surface area (Å²) in [5.74, 6) is 1.74. The van der Waals surface area contributed by atoms with Crippen molar-refractivity contribution in [3.63, 3.8) is 0 Å². The molecule has 13 aromatic carbocycles. The third kappa shape index (κ3) is 7.74. The molecule has 76 heavy (non-hydrogen) atoms. The number of hydrogen-bond donors (Lipinski definition) is 0. The van der Waals surface area contributed by atoms with Crippen LogP contribution in [0.15, 0.2) is 267 Å². The zero-order valence-corrected chi connectivity index (χ0v) is 41.2. The molecule has 1 aromatic heterocycles. The monoisotopic (exact) mass is 964 g/mol. The van der Waals surface area contributed by atoms with Crippen molar-refractivity contribution < 1.29 is 0 Å². The summed E-state index contributed by atoms with van der Waals surface area (Å²) < 4.78 is 0.